The van der Waals surface area contributed by atoms with E-state index in [2.05, 4.69) is 5.32 Å². The van der Waals surface area contributed by atoms with E-state index in [0.717, 1.165) is 4.90 Å². The van der Waals surface area contributed by atoms with Gasteiger partial charge < -0.3 is 10.1 Å². The number of hydrogen-bond acceptors (Lipinski definition) is 5. The molecule has 28 heavy (non-hydrogen) atoms. The first-order chi connectivity index (χ1) is 13.2. The Morgan fingerprint density at radius 2 is 1.96 bits per heavy atom. The molecular formula is C18H15Cl2N3O5. The van der Waals surface area contributed by atoms with Crippen LogP contribution < -0.4 is 10.1 Å². The number of amides is 3. The van der Waals surface area contributed by atoms with Gasteiger partial charge in [-0.05, 0) is 25.1 Å². The fraction of sp³-hybridized carbons (Fsp3) is 0.222. The minimum atomic E-state index is -1.33. The fourth-order valence-corrected chi connectivity index (χ4v) is 3.52. The number of imide groups is 1. The molecule has 2 aromatic rings. The number of hydrogen-bond donors (Lipinski definition) is 1. The molecule has 1 aliphatic rings. The van der Waals surface area contributed by atoms with Crippen molar-refractivity contribution in [3.05, 3.63) is 68.2 Å². The van der Waals surface area contributed by atoms with E-state index in [1.165, 1.54) is 24.3 Å². The molecule has 2 aromatic carbocycles. The zero-order valence-corrected chi connectivity index (χ0v) is 16.2. The number of nitrogens with zero attached hydrogens (tertiary/aromatic N) is 2. The van der Waals surface area contributed by atoms with Gasteiger partial charge in [-0.3, -0.25) is 19.8 Å². The Balaban J connectivity index is 1.70. The summed E-state index contributed by atoms with van der Waals surface area (Å²) in [6.45, 7) is 1.50. The molecule has 0 saturated carbocycles. The quantitative estimate of drug-likeness (QED) is 0.432. The fourth-order valence-electron chi connectivity index (χ4n) is 2.92. The van der Waals surface area contributed by atoms with Gasteiger partial charge >= 0.3 is 6.03 Å². The Morgan fingerprint density at radius 3 is 2.64 bits per heavy atom. The van der Waals surface area contributed by atoms with Crippen LogP contribution in [0.2, 0.25) is 10.0 Å². The van der Waals surface area contributed by atoms with E-state index in [4.69, 9.17) is 27.9 Å². The number of non-ortho nitro benzene ring substituents is 1. The van der Waals surface area contributed by atoms with Gasteiger partial charge in [-0.2, -0.15) is 0 Å². The van der Waals surface area contributed by atoms with Crippen molar-refractivity contribution in [3.8, 4) is 5.75 Å². The van der Waals surface area contributed by atoms with Crippen LogP contribution in [0.4, 0.5) is 10.5 Å². The van der Waals surface area contributed by atoms with Crippen LogP contribution in [0.15, 0.2) is 42.5 Å². The van der Waals surface area contributed by atoms with E-state index in [9.17, 15) is 19.7 Å². The van der Waals surface area contributed by atoms with Gasteiger partial charge in [0.2, 0.25) is 0 Å². The minimum Gasteiger partial charge on any atom is -0.491 e. The lowest BCUT2D eigenvalue weighted by Gasteiger charge is -2.23. The molecule has 3 rings (SSSR count). The first kappa shape index (κ1) is 19.9. The van der Waals surface area contributed by atoms with Crippen LogP contribution in [0.1, 0.15) is 12.5 Å². The maximum atomic E-state index is 12.9. The number of urea groups is 1. The first-order valence-corrected chi connectivity index (χ1v) is 8.95. The number of ether oxygens (including phenoxy) is 1. The van der Waals surface area contributed by atoms with Gasteiger partial charge in [0, 0.05) is 21.7 Å². The number of nitro benzene ring substituents is 1. The molecule has 0 aromatic heterocycles. The van der Waals surface area contributed by atoms with Gasteiger partial charge in [0.25, 0.3) is 11.6 Å². The Hall–Kier alpha value is -2.84. The van der Waals surface area contributed by atoms with Crippen LogP contribution in [0.5, 0.6) is 5.75 Å². The molecule has 0 spiro atoms. The van der Waals surface area contributed by atoms with Gasteiger partial charge in [0.1, 0.15) is 17.9 Å². The zero-order valence-electron chi connectivity index (χ0n) is 14.6. The zero-order chi connectivity index (χ0) is 20.5. The van der Waals surface area contributed by atoms with Gasteiger partial charge in [-0.25, -0.2) is 4.79 Å². The Labute approximate surface area is 170 Å². The molecule has 3 amide bonds. The van der Waals surface area contributed by atoms with Crippen LogP contribution in [-0.4, -0.2) is 34.9 Å². The molecule has 1 heterocycles. The molecule has 8 nitrogen and oxygen atoms in total. The van der Waals surface area contributed by atoms with E-state index in [0.29, 0.717) is 10.6 Å². The topological polar surface area (TPSA) is 102 Å². The summed E-state index contributed by atoms with van der Waals surface area (Å²) in [7, 11) is 0. The van der Waals surface area contributed by atoms with Gasteiger partial charge in [0.15, 0.2) is 0 Å². The summed E-state index contributed by atoms with van der Waals surface area (Å²) in [6.07, 6.45) is 0. The highest BCUT2D eigenvalue weighted by Gasteiger charge is 2.49. The second kappa shape index (κ2) is 7.65. The highest BCUT2D eigenvalue weighted by molar-refractivity contribution is 6.35. The number of benzene rings is 2. The molecule has 1 aliphatic heterocycles. The van der Waals surface area contributed by atoms with Crippen molar-refractivity contribution in [3.63, 3.8) is 0 Å². The van der Waals surface area contributed by atoms with E-state index in [-0.39, 0.29) is 29.6 Å². The van der Waals surface area contributed by atoms with Crippen molar-refractivity contribution >= 4 is 40.8 Å². The molecule has 1 N–H and O–H groups in total. The molecule has 0 unspecified atom stereocenters. The molecule has 10 heteroatoms. The molecule has 146 valence electrons. The summed E-state index contributed by atoms with van der Waals surface area (Å²) < 4.78 is 5.45. The van der Waals surface area contributed by atoms with Gasteiger partial charge in [-0.1, -0.05) is 35.3 Å². The monoisotopic (exact) mass is 423 g/mol. The normalized spacial score (nSPS) is 18.9. The second-order valence-corrected chi connectivity index (χ2v) is 7.08. The number of carbonyl (C=O) groups is 2. The SMILES string of the molecule is C[C@@]1(c2ccc(Cl)cc2Cl)NC(=O)N(CCOc2cccc([N+](=O)[O-])c2)C1=O. The van der Waals surface area contributed by atoms with Crippen LogP contribution in [-0.2, 0) is 10.3 Å². The third-order valence-corrected chi connectivity index (χ3v) is 4.90. The van der Waals surface area contributed by atoms with Crippen molar-refractivity contribution in [2.45, 2.75) is 12.5 Å². The van der Waals surface area contributed by atoms with E-state index >= 15 is 0 Å². The molecule has 0 aliphatic carbocycles. The van der Waals surface area contributed by atoms with Crippen molar-refractivity contribution < 1.29 is 19.2 Å². The molecule has 1 fully saturated rings. The average molecular weight is 424 g/mol. The number of rotatable bonds is 6. The Bertz CT molecular complexity index is 968. The molecule has 0 bridgehead atoms. The number of carbonyl (C=O) groups excluding carboxylic acids is 2. The maximum Gasteiger partial charge on any atom is 0.325 e. The smallest absolute Gasteiger partial charge is 0.325 e. The van der Waals surface area contributed by atoms with E-state index in [1.807, 2.05) is 0 Å². The molecule has 1 atom stereocenters. The lowest BCUT2D eigenvalue weighted by atomic mass is 9.92. The summed E-state index contributed by atoms with van der Waals surface area (Å²) in [5.41, 5.74) is -1.01. The number of nitro groups is 1. The first-order valence-electron chi connectivity index (χ1n) is 8.19. The summed E-state index contributed by atoms with van der Waals surface area (Å²) in [5, 5.41) is 14.1. The van der Waals surface area contributed by atoms with Crippen LogP contribution in [0.25, 0.3) is 0 Å². The minimum absolute atomic E-state index is 0.0231. The van der Waals surface area contributed by atoms with Gasteiger partial charge in [-0.15, -0.1) is 0 Å². The highest BCUT2D eigenvalue weighted by atomic mass is 35.5. The largest absolute Gasteiger partial charge is 0.491 e. The summed E-state index contributed by atoms with van der Waals surface area (Å²) in [4.78, 5) is 36.5. The average Bonchev–Trinajstić information content (AvgIpc) is 2.85. The van der Waals surface area contributed by atoms with E-state index < -0.39 is 22.4 Å². The molecule has 0 radical (unpaired) electrons. The molecular weight excluding hydrogens is 409 g/mol. The third kappa shape index (κ3) is 3.74. The van der Waals surface area contributed by atoms with Crippen LogP contribution >= 0.6 is 23.2 Å². The summed E-state index contributed by atoms with van der Waals surface area (Å²) >= 11 is 12.1. The van der Waals surface area contributed by atoms with Crippen molar-refractivity contribution in [1.29, 1.82) is 0 Å². The van der Waals surface area contributed by atoms with Crippen LogP contribution in [0, 0.1) is 10.1 Å². The highest BCUT2D eigenvalue weighted by Crippen LogP contribution is 2.34. The number of halogens is 2. The van der Waals surface area contributed by atoms with E-state index in [1.54, 1.807) is 25.1 Å². The maximum absolute atomic E-state index is 12.9. The Morgan fingerprint density at radius 1 is 1.21 bits per heavy atom. The van der Waals surface area contributed by atoms with Crippen molar-refractivity contribution in [1.82, 2.24) is 10.2 Å². The Kier molecular flexibility index (Phi) is 5.44. The van der Waals surface area contributed by atoms with Crippen LogP contribution in [0.3, 0.4) is 0 Å². The lowest BCUT2D eigenvalue weighted by Crippen LogP contribution is -2.41. The van der Waals surface area contributed by atoms with Crippen molar-refractivity contribution in [2.24, 2.45) is 0 Å². The van der Waals surface area contributed by atoms with Gasteiger partial charge in [0.05, 0.1) is 17.5 Å². The predicted molar refractivity (Wildman–Crippen MR) is 103 cm³/mol. The number of nitrogens with one attached hydrogen (secondary N) is 1. The molecule has 1 saturated heterocycles. The lowest BCUT2D eigenvalue weighted by molar-refractivity contribution is -0.384. The standard InChI is InChI=1S/C18H15Cl2N3O5/c1-18(14-6-5-11(19)9-15(14)20)16(24)22(17(25)21-18)7-8-28-13-4-2-3-12(10-13)23(26)27/h2-6,9-10H,7-8H2,1H3,(H,21,25)/t18-/m0/s1. The third-order valence-electron chi connectivity index (χ3n) is 4.36. The predicted octanol–water partition coefficient (Wildman–Crippen LogP) is 3.75. The second-order valence-electron chi connectivity index (χ2n) is 6.24. The summed E-state index contributed by atoms with van der Waals surface area (Å²) in [6, 6.07) is 9.73. The summed E-state index contributed by atoms with van der Waals surface area (Å²) in [5.74, 6) is -0.214. The van der Waals surface area contributed by atoms with Crippen molar-refractivity contribution in [2.75, 3.05) is 13.2 Å².